The van der Waals surface area contributed by atoms with Crippen molar-refractivity contribution in [3.8, 4) is 0 Å². The molecule has 1 atom stereocenters. The Bertz CT molecular complexity index is 754. The summed E-state index contributed by atoms with van der Waals surface area (Å²) in [6, 6.07) is 9.35. The number of fused-ring (bicyclic) bond motifs is 1. The zero-order chi connectivity index (χ0) is 14.1. The molecular weight excluding hydrogens is 274 g/mol. The van der Waals surface area contributed by atoms with E-state index in [0.29, 0.717) is 5.02 Å². The molecule has 0 saturated carbocycles. The lowest BCUT2D eigenvalue weighted by atomic mass is 10.1. The van der Waals surface area contributed by atoms with E-state index in [9.17, 15) is 0 Å². The first-order valence-corrected chi connectivity index (χ1v) is 6.71. The lowest BCUT2D eigenvalue weighted by Crippen LogP contribution is -2.18. The SMILES string of the molecule is CNC(c1ccnc(C)n1)c1cc2cc(Cl)ccc2o1. The minimum Gasteiger partial charge on any atom is -0.459 e. The van der Waals surface area contributed by atoms with E-state index >= 15 is 0 Å². The lowest BCUT2D eigenvalue weighted by molar-refractivity contribution is 0.485. The largest absolute Gasteiger partial charge is 0.459 e. The Morgan fingerprint density at radius 1 is 1.25 bits per heavy atom. The van der Waals surface area contributed by atoms with Gasteiger partial charge in [0.15, 0.2) is 0 Å². The van der Waals surface area contributed by atoms with E-state index in [1.165, 1.54) is 0 Å². The van der Waals surface area contributed by atoms with Gasteiger partial charge in [-0.05, 0) is 44.3 Å². The summed E-state index contributed by atoms with van der Waals surface area (Å²) in [6.07, 6.45) is 1.75. The maximum Gasteiger partial charge on any atom is 0.134 e. The van der Waals surface area contributed by atoms with Crippen LogP contribution in [0.3, 0.4) is 0 Å². The van der Waals surface area contributed by atoms with Gasteiger partial charge >= 0.3 is 0 Å². The third-order valence-electron chi connectivity index (χ3n) is 3.16. The molecule has 2 heterocycles. The molecule has 20 heavy (non-hydrogen) atoms. The molecule has 5 heteroatoms. The fourth-order valence-electron chi connectivity index (χ4n) is 2.25. The molecule has 1 aromatic carbocycles. The van der Waals surface area contributed by atoms with Crippen LogP contribution < -0.4 is 5.32 Å². The molecule has 0 aliphatic rings. The van der Waals surface area contributed by atoms with Gasteiger partial charge in [-0.15, -0.1) is 0 Å². The number of hydrogen-bond acceptors (Lipinski definition) is 4. The van der Waals surface area contributed by atoms with E-state index in [-0.39, 0.29) is 6.04 Å². The molecule has 0 amide bonds. The molecule has 4 nitrogen and oxygen atoms in total. The molecule has 1 N–H and O–H groups in total. The number of nitrogens with zero attached hydrogens (tertiary/aromatic N) is 2. The van der Waals surface area contributed by atoms with Gasteiger partial charge in [-0.25, -0.2) is 9.97 Å². The van der Waals surface area contributed by atoms with E-state index in [1.54, 1.807) is 6.20 Å². The zero-order valence-corrected chi connectivity index (χ0v) is 12.0. The van der Waals surface area contributed by atoms with E-state index in [1.807, 2.05) is 44.3 Å². The Morgan fingerprint density at radius 2 is 2.10 bits per heavy atom. The predicted octanol–water partition coefficient (Wildman–Crippen LogP) is 3.49. The van der Waals surface area contributed by atoms with E-state index in [0.717, 1.165) is 28.2 Å². The number of hydrogen-bond donors (Lipinski definition) is 1. The number of furan rings is 1. The van der Waals surface area contributed by atoms with Gasteiger partial charge in [-0.3, -0.25) is 0 Å². The molecule has 2 aromatic heterocycles. The maximum atomic E-state index is 6.00. The molecule has 0 spiro atoms. The van der Waals surface area contributed by atoms with Crippen LogP contribution in [0.4, 0.5) is 0 Å². The van der Waals surface area contributed by atoms with Crippen molar-refractivity contribution in [3.63, 3.8) is 0 Å². The van der Waals surface area contributed by atoms with Crippen molar-refractivity contribution in [2.24, 2.45) is 0 Å². The molecule has 0 fully saturated rings. The molecule has 0 aliphatic heterocycles. The summed E-state index contributed by atoms with van der Waals surface area (Å²) in [4.78, 5) is 8.57. The molecule has 0 radical (unpaired) electrons. The minimum absolute atomic E-state index is 0.108. The van der Waals surface area contributed by atoms with Crippen LogP contribution in [0.2, 0.25) is 5.02 Å². The van der Waals surface area contributed by atoms with Crippen LogP contribution in [0, 0.1) is 6.92 Å². The highest BCUT2D eigenvalue weighted by molar-refractivity contribution is 6.31. The summed E-state index contributed by atoms with van der Waals surface area (Å²) in [5, 5.41) is 4.90. The number of rotatable bonds is 3. The number of aromatic nitrogens is 2. The summed E-state index contributed by atoms with van der Waals surface area (Å²) in [6.45, 7) is 1.87. The third kappa shape index (κ3) is 2.40. The van der Waals surface area contributed by atoms with Crippen LogP contribution in [-0.2, 0) is 0 Å². The summed E-state index contributed by atoms with van der Waals surface area (Å²) < 4.78 is 5.89. The average Bonchev–Trinajstić information content (AvgIpc) is 2.82. The number of halogens is 1. The minimum atomic E-state index is -0.108. The quantitative estimate of drug-likeness (QED) is 0.801. The fraction of sp³-hybridized carbons (Fsp3) is 0.200. The first-order chi connectivity index (χ1) is 9.67. The Morgan fingerprint density at radius 3 is 2.85 bits per heavy atom. The van der Waals surface area contributed by atoms with Gasteiger partial charge in [0.25, 0.3) is 0 Å². The predicted molar refractivity (Wildman–Crippen MR) is 78.9 cm³/mol. The number of benzene rings is 1. The first-order valence-electron chi connectivity index (χ1n) is 6.33. The molecule has 0 aliphatic carbocycles. The van der Waals surface area contributed by atoms with Crippen molar-refractivity contribution in [1.82, 2.24) is 15.3 Å². The molecule has 3 aromatic rings. The van der Waals surface area contributed by atoms with Gasteiger partial charge in [0.2, 0.25) is 0 Å². The van der Waals surface area contributed by atoms with Gasteiger partial charge < -0.3 is 9.73 Å². The standard InChI is InChI=1S/C15H14ClN3O/c1-9-18-6-5-12(19-9)15(17-2)14-8-10-7-11(16)3-4-13(10)20-14/h3-8,15,17H,1-2H3. The van der Waals surface area contributed by atoms with Gasteiger partial charge in [-0.1, -0.05) is 11.6 Å². The molecular formula is C15H14ClN3O. The summed E-state index contributed by atoms with van der Waals surface area (Å²) in [7, 11) is 1.88. The lowest BCUT2D eigenvalue weighted by Gasteiger charge is -2.12. The van der Waals surface area contributed by atoms with Gasteiger partial charge in [0.05, 0.1) is 5.69 Å². The van der Waals surface area contributed by atoms with E-state index in [4.69, 9.17) is 16.0 Å². The fourth-order valence-corrected chi connectivity index (χ4v) is 2.43. The van der Waals surface area contributed by atoms with Crippen LogP contribution in [0.25, 0.3) is 11.0 Å². The number of nitrogens with one attached hydrogen (secondary N) is 1. The van der Waals surface area contributed by atoms with Crippen molar-refractivity contribution in [3.05, 3.63) is 58.8 Å². The molecule has 102 valence electrons. The van der Waals surface area contributed by atoms with Crippen LogP contribution in [0.5, 0.6) is 0 Å². The second-order valence-electron chi connectivity index (χ2n) is 4.58. The smallest absolute Gasteiger partial charge is 0.134 e. The first kappa shape index (κ1) is 13.1. The van der Waals surface area contributed by atoms with Crippen molar-refractivity contribution in [2.45, 2.75) is 13.0 Å². The zero-order valence-electron chi connectivity index (χ0n) is 11.2. The molecule has 1 unspecified atom stereocenters. The second-order valence-corrected chi connectivity index (χ2v) is 5.02. The normalized spacial score (nSPS) is 12.8. The van der Waals surface area contributed by atoms with Crippen LogP contribution in [0.15, 0.2) is 40.9 Å². The highest BCUT2D eigenvalue weighted by Crippen LogP contribution is 2.28. The molecule has 0 bridgehead atoms. The van der Waals surface area contributed by atoms with E-state index < -0.39 is 0 Å². The Hall–Kier alpha value is -1.91. The second kappa shape index (κ2) is 5.23. The summed E-state index contributed by atoms with van der Waals surface area (Å²) in [5.74, 6) is 1.55. The number of aryl methyl sites for hydroxylation is 1. The highest BCUT2D eigenvalue weighted by Gasteiger charge is 2.18. The molecule has 3 rings (SSSR count). The van der Waals surface area contributed by atoms with Crippen molar-refractivity contribution >= 4 is 22.6 Å². The van der Waals surface area contributed by atoms with Crippen LogP contribution in [0.1, 0.15) is 23.3 Å². The topological polar surface area (TPSA) is 51.0 Å². The Balaban J connectivity index is 2.07. The summed E-state index contributed by atoms with van der Waals surface area (Å²) >= 11 is 6.00. The third-order valence-corrected chi connectivity index (χ3v) is 3.40. The van der Waals surface area contributed by atoms with Crippen molar-refractivity contribution < 1.29 is 4.42 Å². The van der Waals surface area contributed by atoms with Gasteiger partial charge in [0.1, 0.15) is 23.2 Å². The highest BCUT2D eigenvalue weighted by atomic mass is 35.5. The summed E-state index contributed by atoms with van der Waals surface area (Å²) in [5.41, 5.74) is 1.69. The van der Waals surface area contributed by atoms with Gasteiger partial charge in [-0.2, -0.15) is 0 Å². The maximum absolute atomic E-state index is 6.00. The van der Waals surface area contributed by atoms with Crippen LogP contribution >= 0.6 is 11.6 Å². The van der Waals surface area contributed by atoms with Crippen molar-refractivity contribution in [1.29, 1.82) is 0 Å². The van der Waals surface area contributed by atoms with E-state index in [2.05, 4.69) is 15.3 Å². The Kier molecular flexibility index (Phi) is 3.42. The molecule has 0 saturated heterocycles. The van der Waals surface area contributed by atoms with Crippen LogP contribution in [-0.4, -0.2) is 17.0 Å². The van der Waals surface area contributed by atoms with Gasteiger partial charge in [0, 0.05) is 16.6 Å². The Labute approximate surface area is 121 Å². The monoisotopic (exact) mass is 287 g/mol. The average molecular weight is 288 g/mol. The van der Waals surface area contributed by atoms with Crippen molar-refractivity contribution in [2.75, 3.05) is 7.05 Å².